The lowest BCUT2D eigenvalue weighted by Gasteiger charge is -2.32. The SMILES string of the molecule is Cc1cccc(-c2nc3n(n2)C(c2ccc(Cl)cc2)C2=C(CCCC2=O)N3)c1. The topological polar surface area (TPSA) is 59.8 Å². The summed E-state index contributed by atoms with van der Waals surface area (Å²) in [6.07, 6.45) is 2.27. The van der Waals surface area contributed by atoms with Crippen molar-refractivity contribution in [1.82, 2.24) is 14.8 Å². The van der Waals surface area contributed by atoms with Gasteiger partial charge in [-0.25, -0.2) is 4.68 Å². The molecule has 140 valence electrons. The van der Waals surface area contributed by atoms with Crippen molar-refractivity contribution in [1.29, 1.82) is 0 Å². The molecule has 0 saturated heterocycles. The number of carbonyl (C=O) groups excluding carboxylic acids is 1. The van der Waals surface area contributed by atoms with Crippen LogP contribution in [0, 0.1) is 6.92 Å². The normalized spacial score (nSPS) is 18.5. The van der Waals surface area contributed by atoms with Crippen molar-refractivity contribution >= 4 is 23.3 Å². The van der Waals surface area contributed by atoms with Crippen molar-refractivity contribution in [2.45, 2.75) is 32.2 Å². The number of allylic oxidation sites excluding steroid dienone is 2. The van der Waals surface area contributed by atoms with Crippen LogP contribution in [0.25, 0.3) is 11.4 Å². The maximum absolute atomic E-state index is 12.8. The number of anilines is 1. The van der Waals surface area contributed by atoms with Crippen molar-refractivity contribution < 1.29 is 4.79 Å². The Bertz CT molecular complexity index is 1110. The Hall–Kier alpha value is -2.92. The van der Waals surface area contributed by atoms with E-state index in [2.05, 4.69) is 11.4 Å². The molecule has 1 N–H and O–H groups in total. The van der Waals surface area contributed by atoms with Gasteiger partial charge in [-0.15, -0.1) is 5.10 Å². The molecule has 0 bridgehead atoms. The second kappa shape index (κ2) is 6.60. The first-order chi connectivity index (χ1) is 13.6. The quantitative estimate of drug-likeness (QED) is 0.674. The van der Waals surface area contributed by atoms with Gasteiger partial charge >= 0.3 is 0 Å². The highest BCUT2D eigenvalue weighted by Crippen LogP contribution is 2.40. The second-order valence-corrected chi connectivity index (χ2v) is 7.76. The lowest BCUT2D eigenvalue weighted by molar-refractivity contribution is -0.116. The lowest BCUT2D eigenvalue weighted by atomic mass is 9.85. The number of halogens is 1. The molecule has 1 atom stereocenters. The van der Waals surface area contributed by atoms with Crippen LogP contribution in [0.15, 0.2) is 59.8 Å². The third-order valence-electron chi connectivity index (χ3n) is 5.33. The van der Waals surface area contributed by atoms with Crippen LogP contribution >= 0.6 is 11.6 Å². The Labute approximate surface area is 168 Å². The van der Waals surface area contributed by atoms with E-state index < -0.39 is 0 Å². The zero-order chi connectivity index (χ0) is 19.3. The molecule has 0 radical (unpaired) electrons. The molecule has 1 aliphatic heterocycles. The van der Waals surface area contributed by atoms with Crippen LogP contribution in [0.2, 0.25) is 5.02 Å². The standard InChI is InChI=1S/C22H19ClN4O/c1-13-4-2-5-15(12-13)21-25-22-24-17-6-3-7-18(28)19(17)20(27(22)26-21)14-8-10-16(23)11-9-14/h2,4-5,8-12,20H,3,6-7H2,1H3,(H,24,25,26). The van der Waals surface area contributed by atoms with Crippen molar-refractivity contribution in [3.8, 4) is 11.4 Å². The van der Waals surface area contributed by atoms with Gasteiger partial charge in [-0.05, 0) is 43.5 Å². The van der Waals surface area contributed by atoms with Crippen LogP contribution < -0.4 is 5.32 Å². The molecular weight excluding hydrogens is 372 g/mol. The maximum atomic E-state index is 12.8. The van der Waals surface area contributed by atoms with Crippen LogP contribution in [0.5, 0.6) is 0 Å². The van der Waals surface area contributed by atoms with Gasteiger partial charge in [0.15, 0.2) is 11.6 Å². The molecule has 2 aliphatic rings. The number of nitrogens with zero attached hydrogens (tertiary/aromatic N) is 3. The number of aryl methyl sites for hydroxylation is 1. The highest BCUT2D eigenvalue weighted by Gasteiger charge is 2.36. The van der Waals surface area contributed by atoms with E-state index in [1.165, 1.54) is 0 Å². The van der Waals surface area contributed by atoms with E-state index in [1.807, 2.05) is 54.1 Å². The number of benzene rings is 2. The Kier molecular flexibility index (Phi) is 4.05. The fourth-order valence-electron chi connectivity index (χ4n) is 4.02. The Balaban J connectivity index is 1.68. The summed E-state index contributed by atoms with van der Waals surface area (Å²) in [6.45, 7) is 2.05. The van der Waals surface area contributed by atoms with Gasteiger partial charge in [0.1, 0.15) is 6.04 Å². The smallest absolute Gasteiger partial charge is 0.226 e. The van der Waals surface area contributed by atoms with E-state index in [0.717, 1.165) is 40.8 Å². The van der Waals surface area contributed by atoms with Crippen LogP contribution in [0.1, 0.15) is 36.4 Å². The summed E-state index contributed by atoms with van der Waals surface area (Å²) >= 11 is 6.09. The van der Waals surface area contributed by atoms with E-state index in [1.54, 1.807) is 0 Å². The van der Waals surface area contributed by atoms with E-state index >= 15 is 0 Å². The molecule has 1 unspecified atom stereocenters. The minimum Gasteiger partial charge on any atom is -0.328 e. The van der Waals surface area contributed by atoms with Gasteiger partial charge in [0.05, 0.1) is 0 Å². The second-order valence-electron chi connectivity index (χ2n) is 7.32. The van der Waals surface area contributed by atoms with Crippen LogP contribution in [0.3, 0.4) is 0 Å². The first kappa shape index (κ1) is 17.2. The number of hydrogen-bond donors (Lipinski definition) is 1. The number of hydrogen-bond acceptors (Lipinski definition) is 4. The number of carbonyl (C=O) groups is 1. The van der Waals surface area contributed by atoms with Gasteiger partial charge in [-0.1, -0.05) is 47.5 Å². The molecule has 28 heavy (non-hydrogen) atoms. The number of nitrogens with one attached hydrogen (secondary N) is 1. The van der Waals surface area contributed by atoms with E-state index in [-0.39, 0.29) is 11.8 Å². The Morgan fingerprint density at radius 2 is 1.96 bits per heavy atom. The monoisotopic (exact) mass is 390 g/mol. The summed E-state index contributed by atoms with van der Waals surface area (Å²) in [5, 5.41) is 8.83. The number of aromatic nitrogens is 3. The molecular formula is C22H19ClN4O. The van der Waals surface area contributed by atoms with Crippen molar-refractivity contribution in [3.05, 3.63) is 76.0 Å². The molecule has 5 rings (SSSR count). The summed E-state index contributed by atoms with van der Waals surface area (Å²) in [4.78, 5) is 17.6. The minimum atomic E-state index is -0.289. The van der Waals surface area contributed by atoms with Crippen LogP contribution in [-0.4, -0.2) is 20.5 Å². The van der Waals surface area contributed by atoms with Gasteiger partial charge < -0.3 is 5.32 Å². The van der Waals surface area contributed by atoms with Crippen LogP contribution in [-0.2, 0) is 4.79 Å². The molecule has 0 saturated carbocycles. The molecule has 6 heteroatoms. The number of fused-ring (bicyclic) bond motifs is 1. The van der Waals surface area contributed by atoms with Gasteiger partial charge in [0.25, 0.3) is 0 Å². The molecule has 5 nitrogen and oxygen atoms in total. The number of ketones is 1. The van der Waals surface area contributed by atoms with Gasteiger partial charge in [-0.3, -0.25) is 4.79 Å². The first-order valence-corrected chi connectivity index (χ1v) is 9.80. The fourth-order valence-corrected chi connectivity index (χ4v) is 4.14. The zero-order valence-electron chi connectivity index (χ0n) is 15.4. The summed E-state index contributed by atoms with van der Waals surface area (Å²) in [5.74, 6) is 1.49. The fraction of sp³-hybridized carbons (Fsp3) is 0.227. The molecule has 1 aliphatic carbocycles. The van der Waals surface area contributed by atoms with E-state index in [0.29, 0.717) is 23.2 Å². The van der Waals surface area contributed by atoms with Gasteiger partial charge in [0, 0.05) is 28.3 Å². The summed E-state index contributed by atoms with van der Waals surface area (Å²) in [6, 6.07) is 15.5. The van der Waals surface area contributed by atoms with Gasteiger partial charge in [0.2, 0.25) is 5.95 Å². The third kappa shape index (κ3) is 2.83. The molecule has 0 spiro atoms. The average Bonchev–Trinajstić information content (AvgIpc) is 3.11. The van der Waals surface area contributed by atoms with Crippen LogP contribution in [0.4, 0.5) is 5.95 Å². The lowest BCUT2D eigenvalue weighted by Crippen LogP contribution is -2.31. The zero-order valence-corrected chi connectivity index (χ0v) is 16.2. The van der Waals surface area contributed by atoms with Crippen molar-refractivity contribution in [2.24, 2.45) is 0 Å². The molecule has 1 aromatic heterocycles. The minimum absolute atomic E-state index is 0.173. The molecule has 2 heterocycles. The summed E-state index contributed by atoms with van der Waals surface area (Å²) in [7, 11) is 0. The largest absolute Gasteiger partial charge is 0.328 e. The predicted octanol–water partition coefficient (Wildman–Crippen LogP) is 4.93. The molecule has 0 amide bonds. The highest BCUT2D eigenvalue weighted by molar-refractivity contribution is 6.30. The number of rotatable bonds is 2. The third-order valence-corrected chi connectivity index (χ3v) is 5.58. The van der Waals surface area contributed by atoms with Crippen molar-refractivity contribution in [2.75, 3.05) is 5.32 Å². The summed E-state index contributed by atoms with van der Waals surface area (Å²) < 4.78 is 1.84. The average molecular weight is 391 g/mol. The van der Waals surface area contributed by atoms with Crippen molar-refractivity contribution in [3.63, 3.8) is 0 Å². The van der Waals surface area contributed by atoms with E-state index in [4.69, 9.17) is 21.7 Å². The highest BCUT2D eigenvalue weighted by atomic mass is 35.5. The van der Waals surface area contributed by atoms with E-state index in [9.17, 15) is 4.79 Å². The molecule has 2 aromatic carbocycles. The van der Waals surface area contributed by atoms with Gasteiger partial charge in [-0.2, -0.15) is 4.98 Å². The number of Topliss-reactive ketones (excluding diaryl/α,β-unsaturated/α-hetero) is 1. The molecule has 3 aromatic rings. The summed E-state index contributed by atoms with van der Waals surface area (Å²) in [5.41, 5.74) is 4.85. The Morgan fingerprint density at radius 3 is 2.75 bits per heavy atom. The molecule has 0 fully saturated rings. The predicted molar refractivity (Wildman–Crippen MR) is 109 cm³/mol. The maximum Gasteiger partial charge on any atom is 0.226 e. The Morgan fingerprint density at radius 1 is 1.14 bits per heavy atom. The first-order valence-electron chi connectivity index (χ1n) is 9.42.